The van der Waals surface area contributed by atoms with E-state index in [1.165, 1.54) is 0 Å². The van der Waals surface area contributed by atoms with Crippen LogP contribution in [0.5, 0.6) is 0 Å². The molecule has 0 saturated heterocycles. The molecule has 0 aliphatic rings. The monoisotopic (exact) mass is 531 g/mol. The number of hydrogen-bond donors (Lipinski definition) is 11. The van der Waals surface area contributed by atoms with Gasteiger partial charge in [0.25, 0.3) is 0 Å². The molecule has 0 spiro atoms. The van der Waals surface area contributed by atoms with Crippen LogP contribution in [0.1, 0.15) is 38.5 Å². The number of carboxylic acids is 8. The van der Waals surface area contributed by atoms with E-state index in [9.17, 15) is 38.4 Å². The summed E-state index contributed by atoms with van der Waals surface area (Å²) in [6.45, 7) is 0. The summed E-state index contributed by atoms with van der Waals surface area (Å²) < 4.78 is 0. The molecule has 0 rings (SSSR count). The van der Waals surface area contributed by atoms with Crippen molar-refractivity contribution in [2.45, 2.75) is 55.8 Å². The molecule has 0 bridgehead atoms. The van der Waals surface area contributed by atoms with Crippen LogP contribution in [0, 0.1) is 0 Å². The minimum absolute atomic E-state index is 0.0231. The zero-order valence-electron chi connectivity index (χ0n) is 18.1. The second kappa shape index (κ2) is 16.3. The Bertz CT molecular complexity index is 765. The Kier molecular flexibility index (Phi) is 16.4. The smallest absolute Gasteiger partial charge is 0.336 e. The Morgan fingerprint density at radius 3 is 0.917 bits per heavy atom. The van der Waals surface area contributed by atoms with Gasteiger partial charge in [0.1, 0.15) is 6.04 Å². The quantitative estimate of drug-likeness (QED) is 0.105. The van der Waals surface area contributed by atoms with Crippen LogP contribution in [0.15, 0.2) is 0 Å². The maximum absolute atomic E-state index is 10.3. The maximum atomic E-state index is 10.3. The summed E-state index contributed by atoms with van der Waals surface area (Å²) in [7, 11) is 0. The van der Waals surface area contributed by atoms with E-state index in [1.807, 2.05) is 0 Å². The molecule has 0 heterocycles. The fourth-order valence-corrected chi connectivity index (χ4v) is 1.83. The predicted molar refractivity (Wildman–Crippen MR) is 107 cm³/mol. The van der Waals surface area contributed by atoms with Gasteiger partial charge in [-0.3, -0.25) is 28.8 Å². The van der Waals surface area contributed by atoms with Crippen LogP contribution >= 0.6 is 0 Å². The molecule has 1 atom stereocenters. The molecule has 0 aromatic carbocycles. The van der Waals surface area contributed by atoms with Gasteiger partial charge in [0.15, 0.2) is 11.2 Å². The number of carboxylic acid groups (broad SMARTS) is 8. The molecule has 19 heteroatoms. The molecule has 0 fully saturated rings. The number of aliphatic carboxylic acids is 8. The third-order valence-corrected chi connectivity index (χ3v) is 3.56. The fourth-order valence-electron chi connectivity index (χ4n) is 1.83. The topological polar surface area (TPSA) is 365 Å². The van der Waals surface area contributed by atoms with Crippen molar-refractivity contribution in [3.8, 4) is 0 Å². The van der Waals surface area contributed by atoms with Crippen molar-refractivity contribution in [1.29, 1.82) is 0 Å². The van der Waals surface area contributed by atoms with Crippen LogP contribution in [0.3, 0.4) is 0 Å². The fraction of sp³-hybridized carbons (Fsp3) is 0.529. The molecule has 0 amide bonds. The van der Waals surface area contributed by atoms with Crippen LogP contribution in [0.2, 0.25) is 0 Å². The SMILES string of the molecule is N[C@@H](CCC(=O)O)C(=O)O.O=C(O)CC(O)(CC(=O)O)C(=O)O.O=C(O)CC(O)(CC(=O)O)C(=O)O. The van der Waals surface area contributed by atoms with Crippen LogP contribution in [-0.2, 0) is 38.4 Å². The zero-order chi connectivity index (χ0) is 29.4. The maximum Gasteiger partial charge on any atom is 0.336 e. The zero-order valence-corrected chi connectivity index (χ0v) is 18.1. The van der Waals surface area contributed by atoms with Gasteiger partial charge in [-0.25, -0.2) is 9.59 Å². The Balaban J connectivity index is -0.000000459. The van der Waals surface area contributed by atoms with Gasteiger partial charge in [0.2, 0.25) is 0 Å². The molecule has 0 aromatic rings. The highest BCUT2D eigenvalue weighted by molar-refractivity contribution is 5.88. The van der Waals surface area contributed by atoms with Gasteiger partial charge in [-0.15, -0.1) is 0 Å². The first-order chi connectivity index (χ1) is 16.1. The lowest BCUT2D eigenvalue weighted by Gasteiger charge is -2.18. The van der Waals surface area contributed by atoms with E-state index >= 15 is 0 Å². The van der Waals surface area contributed by atoms with Crippen molar-refractivity contribution in [3.63, 3.8) is 0 Å². The van der Waals surface area contributed by atoms with Crippen molar-refractivity contribution >= 4 is 47.8 Å². The van der Waals surface area contributed by atoms with Crippen molar-refractivity contribution in [3.05, 3.63) is 0 Å². The highest BCUT2D eigenvalue weighted by Crippen LogP contribution is 2.16. The molecule has 0 unspecified atom stereocenters. The van der Waals surface area contributed by atoms with Crippen molar-refractivity contribution in [1.82, 2.24) is 0 Å². The van der Waals surface area contributed by atoms with Gasteiger partial charge < -0.3 is 56.8 Å². The number of rotatable bonds is 14. The molecular formula is C17H25NO18. The van der Waals surface area contributed by atoms with Gasteiger partial charge in [-0.05, 0) is 6.42 Å². The lowest BCUT2D eigenvalue weighted by molar-refractivity contribution is -0.170. The predicted octanol–water partition coefficient (Wildman–Crippen LogP) is -3.23. The molecule has 0 aliphatic heterocycles. The average molecular weight is 531 g/mol. The molecule has 0 saturated carbocycles. The van der Waals surface area contributed by atoms with Crippen LogP contribution < -0.4 is 5.73 Å². The van der Waals surface area contributed by atoms with E-state index in [1.54, 1.807) is 0 Å². The molecule has 19 nitrogen and oxygen atoms in total. The minimum Gasteiger partial charge on any atom is -0.481 e. The lowest BCUT2D eigenvalue weighted by Crippen LogP contribution is -2.42. The van der Waals surface area contributed by atoms with E-state index in [4.69, 9.17) is 56.8 Å². The number of nitrogens with two attached hydrogens (primary N) is 1. The highest BCUT2D eigenvalue weighted by Gasteiger charge is 2.41. The van der Waals surface area contributed by atoms with E-state index in [0.29, 0.717) is 0 Å². The summed E-state index contributed by atoms with van der Waals surface area (Å²) in [5.74, 6) is -12.2. The molecular weight excluding hydrogens is 506 g/mol. The summed E-state index contributed by atoms with van der Waals surface area (Å²) in [4.78, 5) is 80.8. The summed E-state index contributed by atoms with van der Waals surface area (Å²) in [5.41, 5.74) is -0.475. The van der Waals surface area contributed by atoms with Gasteiger partial charge in [-0.1, -0.05) is 0 Å². The number of carbonyl (C=O) groups is 8. The van der Waals surface area contributed by atoms with Crippen LogP contribution in [0.4, 0.5) is 0 Å². The largest absolute Gasteiger partial charge is 0.481 e. The Morgan fingerprint density at radius 1 is 0.528 bits per heavy atom. The molecule has 36 heavy (non-hydrogen) atoms. The van der Waals surface area contributed by atoms with Crippen LogP contribution in [-0.4, -0.2) is 116 Å². The standard InChI is InChI=1S/2C6H8O7.C5H9NO4/c2*7-3(8)1-6(13,5(11)12)2-4(9)10;6-3(5(9)10)1-2-4(7)8/h2*13H,1-2H2,(H,7,8)(H,9,10)(H,11,12);3H,1-2,6H2,(H,7,8)(H,9,10)/t;;3-/m..0/s1. The second-order valence-corrected chi connectivity index (χ2v) is 6.83. The first kappa shape index (κ1) is 36.2. The van der Waals surface area contributed by atoms with Gasteiger partial charge in [0, 0.05) is 6.42 Å². The Hall–Kier alpha value is -4.36. The van der Waals surface area contributed by atoms with Crippen molar-refractivity contribution < 1.29 is 89.4 Å². The molecule has 0 radical (unpaired) electrons. The van der Waals surface area contributed by atoms with E-state index in [-0.39, 0.29) is 12.8 Å². The molecule has 12 N–H and O–H groups in total. The first-order valence-corrected chi connectivity index (χ1v) is 9.08. The third-order valence-electron chi connectivity index (χ3n) is 3.56. The normalized spacial score (nSPS) is 11.3. The first-order valence-electron chi connectivity index (χ1n) is 9.08. The van der Waals surface area contributed by atoms with Gasteiger partial charge >= 0.3 is 47.8 Å². The number of aliphatic hydroxyl groups is 2. The Morgan fingerprint density at radius 2 is 0.778 bits per heavy atom. The highest BCUT2D eigenvalue weighted by atomic mass is 16.4. The second-order valence-electron chi connectivity index (χ2n) is 6.83. The van der Waals surface area contributed by atoms with E-state index < -0.39 is 90.7 Å². The molecule has 0 aromatic heterocycles. The summed E-state index contributed by atoms with van der Waals surface area (Å²) in [6, 6.07) is -1.06. The summed E-state index contributed by atoms with van der Waals surface area (Å²) in [5, 5.41) is 83.9. The van der Waals surface area contributed by atoms with Crippen LogP contribution in [0.25, 0.3) is 0 Å². The lowest BCUT2D eigenvalue weighted by atomic mass is 9.96. The van der Waals surface area contributed by atoms with E-state index in [0.717, 1.165) is 0 Å². The minimum atomic E-state index is -2.74. The van der Waals surface area contributed by atoms with Gasteiger partial charge in [-0.2, -0.15) is 0 Å². The molecule has 0 aliphatic carbocycles. The summed E-state index contributed by atoms with van der Waals surface area (Å²) in [6.07, 6.45) is -4.80. The van der Waals surface area contributed by atoms with Crippen molar-refractivity contribution in [2.24, 2.45) is 5.73 Å². The summed E-state index contributed by atoms with van der Waals surface area (Å²) >= 11 is 0. The third kappa shape index (κ3) is 18.1. The Labute approximate surface area is 199 Å². The van der Waals surface area contributed by atoms with Gasteiger partial charge in [0.05, 0.1) is 25.7 Å². The average Bonchev–Trinajstić information content (AvgIpc) is 2.64. The number of hydrogen-bond acceptors (Lipinski definition) is 11. The van der Waals surface area contributed by atoms with E-state index in [2.05, 4.69) is 0 Å². The van der Waals surface area contributed by atoms with Crippen molar-refractivity contribution in [2.75, 3.05) is 0 Å². The molecule has 206 valence electrons.